The molecule has 5 nitrogen and oxygen atoms in total. The van der Waals surface area contributed by atoms with Crippen molar-refractivity contribution < 1.29 is 4.79 Å². The van der Waals surface area contributed by atoms with Crippen molar-refractivity contribution in [3.63, 3.8) is 0 Å². The van der Waals surface area contributed by atoms with Gasteiger partial charge in [0.05, 0.1) is 0 Å². The van der Waals surface area contributed by atoms with E-state index in [-0.39, 0.29) is 5.91 Å². The van der Waals surface area contributed by atoms with Gasteiger partial charge in [-0.25, -0.2) is 4.52 Å². The molecule has 2 aromatic heterocycles. The smallest absolute Gasteiger partial charge is 0.249 e. The summed E-state index contributed by atoms with van der Waals surface area (Å²) < 4.78 is 1.64. The van der Waals surface area contributed by atoms with E-state index in [4.69, 9.17) is 0 Å². The lowest BCUT2D eigenvalue weighted by molar-refractivity contribution is -0.123. The molecule has 1 amide bonds. The highest BCUT2D eigenvalue weighted by Gasteiger charge is 2.22. The van der Waals surface area contributed by atoms with Gasteiger partial charge in [-0.05, 0) is 24.6 Å². The number of hydrogen-bond donors (Lipinski definition) is 1. The minimum atomic E-state index is -0.451. The first-order valence-corrected chi connectivity index (χ1v) is 5.51. The van der Waals surface area contributed by atoms with Crippen molar-refractivity contribution in [2.24, 2.45) is 5.41 Å². The average Bonchev–Trinajstić information content (AvgIpc) is 2.57. The van der Waals surface area contributed by atoms with E-state index in [9.17, 15) is 4.79 Å². The lowest BCUT2D eigenvalue weighted by Gasteiger charge is -2.15. The highest BCUT2D eigenvalue weighted by molar-refractivity contribution is 5.93. The third-order valence-electron chi connectivity index (χ3n) is 2.40. The lowest BCUT2D eigenvalue weighted by Crippen LogP contribution is -2.28. The number of pyridine rings is 1. The summed E-state index contributed by atoms with van der Waals surface area (Å²) in [6, 6.07) is 3.86. The van der Waals surface area contributed by atoms with Gasteiger partial charge in [-0.15, -0.1) is 5.10 Å². The molecule has 0 fully saturated rings. The minimum absolute atomic E-state index is 0.0925. The van der Waals surface area contributed by atoms with Crippen LogP contribution in [0.4, 0.5) is 5.95 Å². The van der Waals surface area contributed by atoms with E-state index in [1.165, 1.54) is 0 Å². The molecule has 0 unspecified atom stereocenters. The Hall–Kier alpha value is -1.91. The molecule has 0 atom stereocenters. The summed E-state index contributed by atoms with van der Waals surface area (Å²) in [7, 11) is 0. The molecule has 90 valence electrons. The van der Waals surface area contributed by atoms with Crippen LogP contribution in [-0.4, -0.2) is 20.5 Å². The van der Waals surface area contributed by atoms with E-state index in [1.54, 1.807) is 4.52 Å². The van der Waals surface area contributed by atoms with Crippen molar-refractivity contribution in [3.8, 4) is 0 Å². The maximum Gasteiger partial charge on any atom is 0.249 e. The number of aromatic nitrogens is 3. The van der Waals surface area contributed by atoms with Gasteiger partial charge in [0.1, 0.15) is 0 Å². The van der Waals surface area contributed by atoms with Crippen LogP contribution in [-0.2, 0) is 4.79 Å². The molecule has 0 saturated carbocycles. The Bertz CT molecular complexity index is 565. The van der Waals surface area contributed by atoms with E-state index >= 15 is 0 Å². The first-order valence-electron chi connectivity index (χ1n) is 5.51. The summed E-state index contributed by atoms with van der Waals surface area (Å²) >= 11 is 0. The van der Waals surface area contributed by atoms with Gasteiger partial charge in [-0.2, -0.15) is 4.98 Å². The molecule has 5 heteroatoms. The molecule has 0 saturated heterocycles. The van der Waals surface area contributed by atoms with Gasteiger partial charge in [0, 0.05) is 11.6 Å². The second-order valence-electron chi connectivity index (χ2n) is 5.15. The molecule has 0 aromatic carbocycles. The Morgan fingerprint density at radius 1 is 1.41 bits per heavy atom. The molecule has 0 aliphatic rings. The third-order valence-corrected chi connectivity index (χ3v) is 2.40. The topological polar surface area (TPSA) is 59.3 Å². The SMILES string of the molecule is Cc1ccn2nc(NC(=O)C(C)(C)C)nc2c1. The van der Waals surface area contributed by atoms with Crippen LogP contribution in [0, 0.1) is 12.3 Å². The van der Waals surface area contributed by atoms with Crippen LogP contribution in [0.2, 0.25) is 0 Å². The fraction of sp³-hybridized carbons (Fsp3) is 0.417. The van der Waals surface area contributed by atoms with Gasteiger partial charge in [0.2, 0.25) is 11.9 Å². The van der Waals surface area contributed by atoms with Crippen molar-refractivity contribution in [3.05, 3.63) is 23.9 Å². The third kappa shape index (κ3) is 2.43. The van der Waals surface area contributed by atoms with E-state index in [2.05, 4.69) is 15.4 Å². The molecule has 0 radical (unpaired) electrons. The fourth-order valence-electron chi connectivity index (χ4n) is 1.33. The molecule has 1 N–H and O–H groups in total. The zero-order chi connectivity index (χ0) is 12.6. The highest BCUT2D eigenvalue weighted by atomic mass is 16.2. The normalized spacial score (nSPS) is 11.8. The van der Waals surface area contributed by atoms with Crippen LogP contribution in [0.5, 0.6) is 0 Å². The molecule has 2 heterocycles. The maximum atomic E-state index is 11.8. The maximum absolute atomic E-state index is 11.8. The number of fused-ring (bicyclic) bond motifs is 1. The predicted octanol–water partition coefficient (Wildman–Crippen LogP) is 2.02. The lowest BCUT2D eigenvalue weighted by atomic mass is 9.96. The van der Waals surface area contributed by atoms with E-state index in [1.807, 2.05) is 46.0 Å². The van der Waals surface area contributed by atoms with Crippen molar-refractivity contribution in [1.82, 2.24) is 14.6 Å². The van der Waals surface area contributed by atoms with Gasteiger partial charge in [0.25, 0.3) is 0 Å². The van der Waals surface area contributed by atoms with Gasteiger partial charge < -0.3 is 0 Å². The largest absolute Gasteiger partial charge is 0.293 e. The molecular formula is C12H16N4O. The van der Waals surface area contributed by atoms with E-state index in [0.717, 1.165) is 11.2 Å². The fourth-order valence-corrected chi connectivity index (χ4v) is 1.33. The predicted molar refractivity (Wildman–Crippen MR) is 65.8 cm³/mol. The average molecular weight is 232 g/mol. The van der Waals surface area contributed by atoms with Crippen LogP contribution in [0.3, 0.4) is 0 Å². The second kappa shape index (κ2) is 3.84. The highest BCUT2D eigenvalue weighted by Crippen LogP contribution is 2.16. The number of rotatable bonds is 1. The number of nitrogens with zero attached hydrogens (tertiary/aromatic N) is 3. The van der Waals surface area contributed by atoms with Crippen LogP contribution in [0.1, 0.15) is 26.3 Å². The first-order chi connectivity index (χ1) is 7.86. The molecule has 17 heavy (non-hydrogen) atoms. The zero-order valence-electron chi connectivity index (χ0n) is 10.5. The van der Waals surface area contributed by atoms with E-state index < -0.39 is 5.41 Å². The Morgan fingerprint density at radius 2 is 2.12 bits per heavy atom. The number of amides is 1. The monoisotopic (exact) mass is 232 g/mol. The van der Waals surface area contributed by atoms with Gasteiger partial charge in [0.15, 0.2) is 5.65 Å². The quantitative estimate of drug-likeness (QED) is 0.818. The summed E-state index contributed by atoms with van der Waals surface area (Å²) in [6.07, 6.45) is 1.82. The second-order valence-corrected chi connectivity index (χ2v) is 5.15. The van der Waals surface area contributed by atoms with Crippen LogP contribution >= 0.6 is 0 Å². The van der Waals surface area contributed by atoms with E-state index in [0.29, 0.717) is 5.95 Å². The Morgan fingerprint density at radius 3 is 2.76 bits per heavy atom. The Labute approximate surface area is 99.9 Å². The minimum Gasteiger partial charge on any atom is -0.293 e. The van der Waals surface area contributed by atoms with Crippen molar-refractivity contribution in [1.29, 1.82) is 0 Å². The Balaban J connectivity index is 2.29. The summed E-state index contributed by atoms with van der Waals surface area (Å²) in [6.45, 7) is 7.54. The Kier molecular flexibility index (Phi) is 2.61. The standard InChI is InChI=1S/C12H16N4O/c1-8-5-6-16-9(7-8)13-11(15-16)14-10(17)12(2,3)4/h5-7H,1-4H3,(H,14,15,17). The van der Waals surface area contributed by atoms with Crippen molar-refractivity contribution in [2.75, 3.05) is 5.32 Å². The zero-order valence-corrected chi connectivity index (χ0v) is 10.5. The molecule has 0 bridgehead atoms. The molecule has 2 rings (SSSR count). The number of nitrogens with one attached hydrogen (secondary N) is 1. The summed E-state index contributed by atoms with van der Waals surface area (Å²) in [5.74, 6) is 0.251. The first kappa shape index (κ1) is 11.6. The van der Waals surface area contributed by atoms with Crippen molar-refractivity contribution in [2.45, 2.75) is 27.7 Å². The summed E-state index contributed by atoms with van der Waals surface area (Å²) in [5.41, 5.74) is 1.39. The summed E-state index contributed by atoms with van der Waals surface area (Å²) in [4.78, 5) is 16.0. The molecule has 0 aliphatic heterocycles. The number of anilines is 1. The van der Waals surface area contributed by atoms with Gasteiger partial charge >= 0.3 is 0 Å². The number of aryl methyl sites for hydroxylation is 1. The molecule has 2 aromatic rings. The molecular weight excluding hydrogens is 216 g/mol. The number of carbonyl (C=O) groups excluding carboxylic acids is 1. The van der Waals surface area contributed by atoms with Crippen LogP contribution in [0.25, 0.3) is 5.65 Å². The van der Waals surface area contributed by atoms with Crippen molar-refractivity contribution >= 4 is 17.5 Å². The van der Waals surface area contributed by atoms with Crippen LogP contribution in [0.15, 0.2) is 18.3 Å². The summed E-state index contributed by atoms with van der Waals surface area (Å²) in [5, 5.41) is 6.89. The van der Waals surface area contributed by atoms with Crippen LogP contribution < -0.4 is 5.32 Å². The van der Waals surface area contributed by atoms with Gasteiger partial charge in [-0.3, -0.25) is 10.1 Å². The number of carbonyl (C=O) groups is 1. The number of hydrogen-bond acceptors (Lipinski definition) is 3. The van der Waals surface area contributed by atoms with Gasteiger partial charge in [-0.1, -0.05) is 20.8 Å². The molecule has 0 aliphatic carbocycles. The molecule has 0 spiro atoms.